The Morgan fingerprint density at radius 1 is 1.47 bits per heavy atom. The summed E-state index contributed by atoms with van der Waals surface area (Å²) in [7, 11) is 1.24. The van der Waals surface area contributed by atoms with Crippen LogP contribution >= 0.6 is 15.9 Å². The first-order chi connectivity index (χ1) is 8.06. The van der Waals surface area contributed by atoms with E-state index in [1.54, 1.807) is 0 Å². The molecule has 0 fully saturated rings. The molecule has 2 N–H and O–H groups in total. The molecule has 7 heteroatoms. The fraction of sp³-hybridized carbons (Fsp3) is 0.100. The fourth-order valence-electron chi connectivity index (χ4n) is 1.46. The van der Waals surface area contributed by atoms with Gasteiger partial charge in [-0.3, -0.25) is 0 Å². The third-order valence-electron chi connectivity index (χ3n) is 2.20. The Morgan fingerprint density at radius 2 is 2.18 bits per heavy atom. The van der Waals surface area contributed by atoms with Crippen LogP contribution in [0.5, 0.6) is 5.75 Å². The van der Waals surface area contributed by atoms with Crippen molar-refractivity contribution in [2.24, 2.45) is 0 Å². The molecule has 1 heterocycles. The number of halogens is 3. The first kappa shape index (κ1) is 11.8. The zero-order valence-corrected chi connectivity index (χ0v) is 10.2. The number of rotatable bonds is 2. The molecule has 4 nitrogen and oxygen atoms in total. The summed E-state index contributed by atoms with van der Waals surface area (Å²) in [5.41, 5.74) is 5.49. The highest BCUT2D eigenvalue weighted by atomic mass is 79.9. The quantitative estimate of drug-likeness (QED) is 0.867. The van der Waals surface area contributed by atoms with E-state index < -0.39 is 11.6 Å². The number of aromatic nitrogens is 1. The smallest absolute Gasteiger partial charge is 0.230 e. The lowest BCUT2D eigenvalue weighted by atomic mass is 10.1. The topological polar surface area (TPSA) is 61.3 Å². The molecule has 17 heavy (non-hydrogen) atoms. The van der Waals surface area contributed by atoms with Crippen LogP contribution in [0.2, 0.25) is 0 Å². The number of methoxy groups -OCH3 is 1. The van der Waals surface area contributed by atoms with Crippen molar-refractivity contribution in [2.75, 3.05) is 12.8 Å². The highest BCUT2D eigenvalue weighted by molar-refractivity contribution is 9.10. The van der Waals surface area contributed by atoms with Crippen molar-refractivity contribution in [3.05, 3.63) is 28.4 Å². The molecule has 0 unspecified atom stereocenters. The number of anilines is 1. The van der Waals surface area contributed by atoms with Gasteiger partial charge in [-0.05, 0) is 22.0 Å². The first-order valence-corrected chi connectivity index (χ1v) is 5.27. The third kappa shape index (κ3) is 1.86. The van der Waals surface area contributed by atoms with Crippen molar-refractivity contribution in [3.63, 3.8) is 0 Å². The maximum Gasteiger partial charge on any atom is 0.230 e. The van der Waals surface area contributed by atoms with Gasteiger partial charge in [0, 0.05) is 0 Å². The molecule has 90 valence electrons. The minimum atomic E-state index is -0.712. The zero-order chi connectivity index (χ0) is 12.6. The van der Waals surface area contributed by atoms with E-state index >= 15 is 0 Å². The van der Waals surface area contributed by atoms with E-state index in [-0.39, 0.29) is 27.2 Å². The molecule has 0 atom stereocenters. The highest BCUT2D eigenvalue weighted by Gasteiger charge is 2.23. The van der Waals surface area contributed by atoms with Crippen LogP contribution in [0.4, 0.5) is 14.7 Å². The molecule has 0 saturated heterocycles. The van der Waals surface area contributed by atoms with Crippen LogP contribution < -0.4 is 10.5 Å². The van der Waals surface area contributed by atoms with Crippen molar-refractivity contribution < 1.29 is 18.0 Å². The predicted molar refractivity (Wildman–Crippen MR) is 60.5 cm³/mol. The second kappa shape index (κ2) is 4.33. The average molecular weight is 305 g/mol. The van der Waals surface area contributed by atoms with Gasteiger partial charge in [-0.2, -0.15) is 0 Å². The first-order valence-electron chi connectivity index (χ1n) is 4.48. The number of nitrogens with zero attached hydrogens (tertiary/aromatic N) is 1. The summed E-state index contributed by atoms with van der Waals surface area (Å²) in [4.78, 5) is 0. The second-order valence-corrected chi connectivity index (χ2v) is 4.02. The van der Waals surface area contributed by atoms with Crippen molar-refractivity contribution in [2.45, 2.75) is 0 Å². The van der Waals surface area contributed by atoms with E-state index in [1.807, 2.05) is 0 Å². The van der Waals surface area contributed by atoms with E-state index in [0.29, 0.717) is 0 Å². The lowest BCUT2D eigenvalue weighted by Crippen LogP contribution is -1.97. The Kier molecular flexibility index (Phi) is 3.01. The van der Waals surface area contributed by atoms with Gasteiger partial charge in [0.1, 0.15) is 5.82 Å². The van der Waals surface area contributed by atoms with Crippen molar-refractivity contribution in [1.82, 2.24) is 5.16 Å². The molecule has 0 bridgehead atoms. The number of nitrogens with two attached hydrogens (primary N) is 1. The van der Waals surface area contributed by atoms with Gasteiger partial charge in [0.15, 0.2) is 11.6 Å². The van der Waals surface area contributed by atoms with Gasteiger partial charge in [0.25, 0.3) is 0 Å². The molecule has 0 spiro atoms. The van der Waals surface area contributed by atoms with E-state index in [4.69, 9.17) is 10.5 Å². The second-order valence-electron chi connectivity index (χ2n) is 3.17. The predicted octanol–water partition coefficient (Wildman–Crippen LogP) is 2.97. The molecule has 0 saturated carbocycles. The van der Waals surface area contributed by atoms with Crippen LogP contribution in [-0.2, 0) is 0 Å². The summed E-state index contributed by atoms with van der Waals surface area (Å²) >= 11 is 2.91. The van der Waals surface area contributed by atoms with Gasteiger partial charge < -0.3 is 15.0 Å². The SMILES string of the molecule is COc1c(F)cc(Br)c(F)c1-c1cnoc1N. The Morgan fingerprint density at radius 3 is 2.71 bits per heavy atom. The normalized spacial score (nSPS) is 10.6. The van der Waals surface area contributed by atoms with Crippen molar-refractivity contribution >= 4 is 21.8 Å². The lowest BCUT2D eigenvalue weighted by molar-refractivity contribution is 0.384. The Labute approximate surface area is 103 Å². The summed E-state index contributed by atoms with van der Waals surface area (Å²) in [5, 5.41) is 3.41. The number of hydrogen-bond donors (Lipinski definition) is 1. The number of nitrogen functional groups attached to an aromatic ring is 1. The van der Waals surface area contributed by atoms with Gasteiger partial charge in [-0.1, -0.05) is 5.16 Å². The summed E-state index contributed by atoms with van der Waals surface area (Å²) in [6.07, 6.45) is 1.20. The monoisotopic (exact) mass is 304 g/mol. The van der Waals surface area contributed by atoms with Crippen LogP contribution in [0, 0.1) is 11.6 Å². The summed E-state index contributed by atoms with van der Waals surface area (Å²) in [6.45, 7) is 0. The highest BCUT2D eigenvalue weighted by Crippen LogP contribution is 2.40. The van der Waals surface area contributed by atoms with Crippen LogP contribution in [0.25, 0.3) is 11.1 Å². The van der Waals surface area contributed by atoms with E-state index in [9.17, 15) is 8.78 Å². The average Bonchev–Trinajstić information content (AvgIpc) is 2.69. The minimum absolute atomic E-state index is 0.0357. The van der Waals surface area contributed by atoms with Crippen molar-refractivity contribution in [3.8, 4) is 16.9 Å². The maximum absolute atomic E-state index is 14.0. The maximum atomic E-state index is 14.0. The number of hydrogen-bond acceptors (Lipinski definition) is 4. The third-order valence-corrected chi connectivity index (χ3v) is 2.78. The standard InChI is InChI=1S/C10H7BrF2N2O2/c1-16-9-6(12)2-5(11)8(13)7(9)4-3-15-17-10(4)14/h2-3H,14H2,1H3. The largest absolute Gasteiger partial charge is 0.493 e. The zero-order valence-electron chi connectivity index (χ0n) is 8.63. The van der Waals surface area contributed by atoms with Gasteiger partial charge in [0.2, 0.25) is 5.88 Å². The Hall–Kier alpha value is -1.63. The summed E-state index contributed by atoms with van der Waals surface area (Å²) in [6, 6.07) is 0.974. The minimum Gasteiger partial charge on any atom is -0.493 e. The molecule has 2 aromatic rings. The number of benzene rings is 1. The van der Waals surface area contributed by atoms with Gasteiger partial charge in [0.05, 0.1) is 28.9 Å². The van der Waals surface area contributed by atoms with Gasteiger partial charge in [-0.15, -0.1) is 0 Å². The molecule has 1 aromatic heterocycles. The molecule has 0 radical (unpaired) electrons. The van der Waals surface area contributed by atoms with E-state index in [0.717, 1.165) is 6.07 Å². The van der Waals surface area contributed by atoms with Crippen LogP contribution in [0.3, 0.4) is 0 Å². The lowest BCUT2D eigenvalue weighted by Gasteiger charge is -2.10. The molecule has 1 aromatic carbocycles. The van der Waals surface area contributed by atoms with E-state index in [2.05, 4.69) is 25.6 Å². The molecule has 0 aliphatic rings. The van der Waals surface area contributed by atoms with Gasteiger partial charge in [-0.25, -0.2) is 8.78 Å². The Balaban J connectivity index is 2.80. The molecule has 0 amide bonds. The molecule has 0 aliphatic heterocycles. The summed E-state index contributed by atoms with van der Waals surface area (Å²) < 4.78 is 37.0. The van der Waals surface area contributed by atoms with Gasteiger partial charge >= 0.3 is 0 Å². The number of ether oxygens (including phenoxy) is 1. The van der Waals surface area contributed by atoms with Crippen molar-refractivity contribution in [1.29, 1.82) is 0 Å². The van der Waals surface area contributed by atoms with Crippen LogP contribution in [-0.4, -0.2) is 12.3 Å². The molecule has 2 rings (SSSR count). The molecular formula is C10H7BrF2N2O2. The molecular weight excluding hydrogens is 298 g/mol. The molecule has 0 aliphatic carbocycles. The van der Waals surface area contributed by atoms with Crippen LogP contribution in [0.1, 0.15) is 0 Å². The van der Waals surface area contributed by atoms with Crippen LogP contribution in [0.15, 0.2) is 21.3 Å². The Bertz CT molecular complexity index is 572. The summed E-state index contributed by atoms with van der Waals surface area (Å²) in [5.74, 6) is -1.77. The fourth-order valence-corrected chi connectivity index (χ4v) is 1.85. The van der Waals surface area contributed by atoms with E-state index in [1.165, 1.54) is 13.3 Å².